The van der Waals surface area contributed by atoms with Gasteiger partial charge < -0.3 is 10.6 Å². The summed E-state index contributed by atoms with van der Waals surface area (Å²) in [5.74, 6) is -0.565. The first-order valence-electron chi connectivity index (χ1n) is 8.33. The van der Waals surface area contributed by atoms with E-state index in [9.17, 15) is 9.59 Å². The minimum Gasteiger partial charge on any atom is -0.354 e. The number of carbonyl (C=O) groups excluding carboxylic acids is 2. The molecule has 0 radical (unpaired) electrons. The maximum absolute atomic E-state index is 12.7. The lowest BCUT2D eigenvalue weighted by atomic mass is 9.94. The van der Waals surface area contributed by atoms with Gasteiger partial charge in [0.05, 0.1) is 5.69 Å². The van der Waals surface area contributed by atoms with Crippen LogP contribution in [-0.2, 0) is 5.41 Å². The highest BCUT2D eigenvalue weighted by molar-refractivity contribution is 7.15. The van der Waals surface area contributed by atoms with Crippen LogP contribution in [0.4, 0.5) is 5.69 Å². The Balaban J connectivity index is 1.87. The lowest BCUT2D eigenvalue weighted by Gasteiger charge is -2.15. The molecule has 0 aromatic carbocycles. The third kappa shape index (κ3) is 4.23. The molecule has 0 fully saturated rings. The van der Waals surface area contributed by atoms with E-state index in [0.717, 1.165) is 15.4 Å². The van der Waals surface area contributed by atoms with Crippen LogP contribution >= 0.6 is 22.7 Å². The molecule has 6 nitrogen and oxygen atoms in total. The van der Waals surface area contributed by atoms with Gasteiger partial charge in [-0.25, -0.2) is 4.98 Å². The molecule has 0 atom stereocenters. The summed E-state index contributed by atoms with van der Waals surface area (Å²) in [6.45, 7) is 6.20. The van der Waals surface area contributed by atoms with Crippen molar-refractivity contribution < 1.29 is 9.59 Å². The van der Waals surface area contributed by atoms with Gasteiger partial charge in [0.1, 0.15) is 15.6 Å². The Kier molecular flexibility index (Phi) is 5.38. The number of hydrogen-bond donors (Lipinski definition) is 2. The number of nitrogens with one attached hydrogen (secondary N) is 2. The second-order valence-electron chi connectivity index (χ2n) is 6.92. The Bertz CT molecular complexity index is 971. The molecule has 140 valence electrons. The van der Waals surface area contributed by atoms with Gasteiger partial charge in [0, 0.05) is 35.3 Å². The number of aromatic nitrogens is 2. The molecule has 3 aromatic heterocycles. The number of rotatable bonds is 4. The van der Waals surface area contributed by atoms with Crippen molar-refractivity contribution in [1.29, 1.82) is 0 Å². The number of thiophene rings is 1. The Hall–Kier alpha value is -2.58. The number of thiazole rings is 1. The molecule has 27 heavy (non-hydrogen) atoms. The van der Waals surface area contributed by atoms with E-state index >= 15 is 0 Å². The van der Waals surface area contributed by atoms with E-state index in [0.29, 0.717) is 16.3 Å². The van der Waals surface area contributed by atoms with Gasteiger partial charge in [0.2, 0.25) is 0 Å². The van der Waals surface area contributed by atoms with E-state index < -0.39 is 0 Å². The fourth-order valence-corrected chi connectivity index (χ4v) is 4.23. The quantitative estimate of drug-likeness (QED) is 0.688. The fourth-order valence-electron chi connectivity index (χ4n) is 2.32. The normalized spacial score (nSPS) is 11.3. The highest BCUT2D eigenvalue weighted by Crippen LogP contribution is 2.35. The van der Waals surface area contributed by atoms with E-state index in [1.807, 2.05) is 18.2 Å². The molecule has 3 heterocycles. The summed E-state index contributed by atoms with van der Waals surface area (Å²) in [5.41, 5.74) is 1.55. The highest BCUT2D eigenvalue weighted by atomic mass is 32.1. The number of hydrogen-bond acceptors (Lipinski definition) is 6. The summed E-state index contributed by atoms with van der Waals surface area (Å²) in [6, 6.07) is 5.58. The summed E-state index contributed by atoms with van der Waals surface area (Å²) in [6.07, 6.45) is 3.40. The largest absolute Gasteiger partial charge is 0.354 e. The molecule has 0 saturated heterocycles. The van der Waals surface area contributed by atoms with Crippen LogP contribution in [0.2, 0.25) is 0 Å². The topological polar surface area (TPSA) is 84.0 Å². The highest BCUT2D eigenvalue weighted by Gasteiger charge is 2.24. The first-order chi connectivity index (χ1) is 12.8. The van der Waals surface area contributed by atoms with Crippen molar-refractivity contribution in [3.8, 4) is 10.6 Å². The van der Waals surface area contributed by atoms with Crippen molar-refractivity contribution in [2.24, 2.45) is 0 Å². The SMILES string of the molecule is CNC(=O)c1sc(C(C)(C)C)cc1NC(=O)c1csc(-c2cccnc2)n1. The van der Waals surface area contributed by atoms with Gasteiger partial charge in [-0.1, -0.05) is 20.8 Å². The molecular formula is C19H20N4O2S2. The third-order valence-electron chi connectivity index (χ3n) is 3.80. The number of nitrogens with zero attached hydrogens (tertiary/aromatic N) is 2. The Morgan fingerprint density at radius 1 is 1.19 bits per heavy atom. The van der Waals surface area contributed by atoms with E-state index in [4.69, 9.17) is 0 Å². The zero-order chi connectivity index (χ0) is 19.6. The maximum atomic E-state index is 12.7. The average Bonchev–Trinajstić information content (AvgIpc) is 3.29. The molecular weight excluding hydrogens is 380 g/mol. The van der Waals surface area contributed by atoms with Crippen LogP contribution in [0.3, 0.4) is 0 Å². The van der Waals surface area contributed by atoms with Gasteiger partial charge in [-0.05, 0) is 23.6 Å². The maximum Gasteiger partial charge on any atom is 0.275 e. The summed E-state index contributed by atoms with van der Waals surface area (Å²) < 4.78 is 0. The zero-order valence-electron chi connectivity index (χ0n) is 15.5. The van der Waals surface area contributed by atoms with Crippen molar-refractivity contribution >= 4 is 40.2 Å². The summed E-state index contributed by atoms with van der Waals surface area (Å²) in [7, 11) is 1.57. The number of amides is 2. The monoisotopic (exact) mass is 400 g/mol. The molecule has 0 saturated carbocycles. The van der Waals surface area contributed by atoms with Crippen LogP contribution in [-0.4, -0.2) is 28.8 Å². The van der Waals surface area contributed by atoms with Gasteiger partial charge in [-0.15, -0.1) is 22.7 Å². The molecule has 3 rings (SSSR count). The van der Waals surface area contributed by atoms with Crippen molar-refractivity contribution in [1.82, 2.24) is 15.3 Å². The van der Waals surface area contributed by atoms with Crippen LogP contribution < -0.4 is 10.6 Å². The van der Waals surface area contributed by atoms with Crippen LogP contribution in [0, 0.1) is 0 Å². The molecule has 0 spiro atoms. The van der Waals surface area contributed by atoms with Crippen LogP contribution in [0.15, 0.2) is 36.0 Å². The number of carbonyl (C=O) groups is 2. The first kappa shape index (κ1) is 19.2. The standard InChI is InChI=1S/C19H20N4O2S2/c1-19(2,3)14-8-12(15(27-14)17(25)20-4)22-16(24)13-10-26-18(23-13)11-6-5-7-21-9-11/h5-10H,1-4H3,(H,20,25)(H,22,24). The van der Waals surface area contributed by atoms with Gasteiger partial charge in [-0.3, -0.25) is 14.6 Å². The Morgan fingerprint density at radius 2 is 1.96 bits per heavy atom. The Morgan fingerprint density at radius 3 is 2.59 bits per heavy atom. The van der Waals surface area contributed by atoms with Gasteiger partial charge in [-0.2, -0.15) is 0 Å². The summed E-state index contributed by atoms with van der Waals surface area (Å²) in [5, 5.41) is 7.89. The van der Waals surface area contributed by atoms with Crippen LogP contribution in [0.25, 0.3) is 10.6 Å². The molecule has 0 bridgehead atoms. The van der Waals surface area contributed by atoms with Gasteiger partial charge >= 0.3 is 0 Å². The molecule has 0 aliphatic carbocycles. The minimum absolute atomic E-state index is 0.121. The molecule has 0 aliphatic rings. The first-order valence-corrected chi connectivity index (χ1v) is 10.0. The fraction of sp³-hybridized carbons (Fsp3) is 0.263. The molecule has 0 unspecified atom stereocenters. The third-order valence-corrected chi connectivity index (χ3v) is 6.25. The van der Waals surface area contributed by atoms with Crippen molar-refractivity contribution in [3.05, 3.63) is 51.4 Å². The minimum atomic E-state index is -0.343. The average molecular weight is 401 g/mol. The predicted molar refractivity (Wildman–Crippen MR) is 110 cm³/mol. The van der Waals surface area contributed by atoms with Crippen molar-refractivity contribution in [2.45, 2.75) is 26.2 Å². The molecule has 8 heteroatoms. The van der Waals surface area contributed by atoms with Crippen molar-refractivity contribution in [2.75, 3.05) is 12.4 Å². The van der Waals surface area contributed by atoms with Gasteiger partial charge in [0.15, 0.2) is 0 Å². The summed E-state index contributed by atoms with van der Waals surface area (Å²) >= 11 is 2.76. The van der Waals surface area contributed by atoms with Crippen LogP contribution in [0.1, 0.15) is 45.8 Å². The van der Waals surface area contributed by atoms with E-state index in [1.54, 1.807) is 24.8 Å². The van der Waals surface area contributed by atoms with Crippen LogP contribution in [0.5, 0.6) is 0 Å². The predicted octanol–water partition coefficient (Wildman–Crippen LogP) is 4.18. The Labute approximate surface area is 165 Å². The molecule has 3 aromatic rings. The molecule has 0 aliphatic heterocycles. The lowest BCUT2D eigenvalue weighted by Crippen LogP contribution is -2.20. The van der Waals surface area contributed by atoms with Crippen molar-refractivity contribution in [3.63, 3.8) is 0 Å². The van der Waals surface area contributed by atoms with E-state index in [2.05, 4.69) is 41.4 Å². The van der Waals surface area contributed by atoms with E-state index in [-0.39, 0.29) is 17.2 Å². The number of pyridine rings is 1. The zero-order valence-corrected chi connectivity index (χ0v) is 17.1. The number of anilines is 1. The lowest BCUT2D eigenvalue weighted by molar-refractivity contribution is 0.0968. The second kappa shape index (κ2) is 7.58. The van der Waals surface area contributed by atoms with E-state index in [1.165, 1.54) is 22.7 Å². The summed E-state index contributed by atoms with van der Waals surface area (Å²) in [4.78, 5) is 34.9. The molecule has 2 N–H and O–H groups in total. The smallest absolute Gasteiger partial charge is 0.275 e. The molecule has 2 amide bonds. The second-order valence-corrected chi connectivity index (χ2v) is 8.83. The van der Waals surface area contributed by atoms with Gasteiger partial charge in [0.25, 0.3) is 11.8 Å².